The highest BCUT2D eigenvalue weighted by Gasteiger charge is 2.15. The van der Waals surface area contributed by atoms with Crippen LogP contribution in [0.15, 0.2) is 54.6 Å². The molecule has 0 aliphatic heterocycles. The molecule has 0 atom stereocenters. The molecule has 115 valence electrons. The molecule has 5 nitrogen and oxygen atoms in total. The van der Waals surface area contributed by atoms with Crippen LogP contribution in [0.3, 0.4) is 0 Å². The molecule has 0 aromatic heterocycles. The molecule has 2 aromatic rings. The number of para-hydroxylation sites is 1. The van der Waals surface area contributed by atoms with Gasteiger partial charge in [0.1, 0.15) is 6.29 Å². The van der Waals surface area contributed by atoms with Crippen LogP contribution >= 0.6 is 0 Å². The van der Waals surface area contributed by atoms with Crippen LogP contribution in [0.25, 0.3) is 6.08 Å². The Hall–Kier alpha value is -3.21. The van der Waals surface area contributed by atoms with Crippen molar-refractivity contribution in [3.05, 3.63) is 71.3 Å². The summed E-state index contributed by atoms with van der Waals surface area (Å²) in [5.41, 5.74) is 1.46. The number of allylic oxidation sites excluding steroid dienone is 1. The minimum atomic E-state index is -0.551. The number of nitrogens with zero attached hydrogens (tertiary/aromatic N) is 1. The Morgan fingerprint density at radius 2 is 1.83 bits per heavy atom. The lowest BCUT2D eigenvalue weighted by Gasteiger charge is -2.08. The zero-order valence-corrected chi connectivity index (χ0v) is 12.4. The van der Waals surface area contributed by atoms with Crippen molar-refractivity contribution >= 4 is 29.9 Å². The highest BCUT2D eigenvalue weighted by Crippen LogP contribution is 2.17. The van der Waals surface area contributed by atoms with Gasteiger partial charge in [0.2, 0.25) is 0 Å². The van der Waals surface area contributed by atoms with Gasteiger partial charge in [-0.1, -0.05) is 30.3 Å². The number of hydrogen-bond acceptors (Lipinski definition) is 4. The maximum atomic E-state index is 12.4. The molecule has 0 heterocycles. The van der Waals surface area contributed by atoms with E-state index < -0.39 is 11.9 Å². The van der Waals surface area contributed by atoms with E-state index in [1.165, 1.54) is 31.4 Å². The maximum Gasteiger partial charge on any atom is 0.337 e. The predicted molar refractivity (Wildman–Crippen MR) is 85.4 cm³/mol. The van der Waals surface area contributed by atoms with E-state index in [0.29, 0.717) is 17.5 Å². The molecule has 1 radical (unpaired) electrons. The number of amides is 1. The van der Waals surface area contributed by atoms with Crippen molar-refractivity contribution < 1.29 is 19.1 Å². The first kappa shape index (κ1) is 16.2. The number of hydrogen-bond donors (Lipinski definition) is 0. The molecule has 0 unspecified atom stereocenters. The number of ether oxygens (including phenoxy) is 1. The van der Waals surface area contributed by atoms with Gasteiger partial charge >= 0.3 is 5.97 Å². The predicted octanol–water partition coefficient (Wildman–Crippen LogP) is 2.76. The molecule has 23 heavy (non-hydrogen) atoms. The number of rotatable bonds is 5. The minimum Gasteiger partial charge on any atom is -0.465 e. The van der Waals surface area contributed by atoms with Gasteiger partial charge in [0.05, 0.1) is 18.4 Å². The third kappa shape index (κ3) is 4.14. The summed E-state index contributed by atoms with van der Waals surface area (Å²) in [5.74, 6) is -1.06. The van der Waals surface area contributed by atoms with E-state index in [1.54, 1.807) is 30.3 Å². The van der Waals surface area contributed by atoms with Gasteiger partial charge < -0.3 is 4.74 Å². The number of benzene rings is 2. The molecular formula is C18H14NO4. The number of carbonyl (C=O) groups excluding carboxylic acids is 3. The second kappa shape index (κ2) is 7.70. The fourth-order valence-electron chi connectivity index (χ4n) is 1.95. The molecular weight excluding hydrogens is 294 g/mol. The second-order valence-electron chi connectivity index (χ2n) is 4.54. The van der Waals surface area contributed by atoms with Crippen LogP contribution in [0.5, 0.6) is 0 Å². The molecule has 2 rings (SSSR count). The highest BCUT2D eigenvalue weighted by atomic mass is 16.5. The van der Waals surface area contributed by atoms with Crippen molar-refractivity contribution in [2.24, 2.45) is 0 Å². The quantitative estimate of drug-likeness (QED) is 0.483. The third-order valence-electron chi connectivity index (χ3n) is 3.05. The highest BCUT2D eigenvalue weighted by molar-refractivity contribution is 6.02. The van der Waals surface area contributed by atoms with Gasteiger partial charge in [-0.05, 0) is 35.9 Å². The van der Waals surface area contributed by atoms with Gasteiger partial charge in [0.25, 0.3) is 5.91 Å². The second-order valence-corrected chi connectivity index (χ2v) is 4.54. The van der Waals surface area contributed by atoms with Crippen LogP contribution in [-0.4, -0.2) is 25.3 Å². The SMILES string of the molecule is COC(=O)c1ccc(C=CC=O)c(C(=O)[N]c2ccccc2)c1. The standard InChI is InChI=1S/C18H14NO4/c1-23-18(22)14-10-9-13(6-5-11-20)16(12-14)17(21)19-15-7-3-2-4-8-15/h2-12H,1H3. The maximum absolute atomic E-state index is 12.4. The molecule has 0 bridgehead atoms. The monoisotopic (exact) mass is 308 g/mol. The summed E-state index contributed by atoms with van der Waals surface area (Å²) < 4.78 is 4.66. The van der Waals surface area contributed by atoms with Crippen LogP contribution in [0, 0.1) is 0 Å². The van der Waals surface area contributed by atoms with Crippen LogP contribution in [0.1, 0.15) is 26.3 Å². The number of aldehydes is 1. The van der Waals surface area contributed by atoms with Crippen molar-refractivity contribution in [2.45, 2.75) is 0 Å². The van der Waals surface area contributed by atoms with Crippen LogP contribution < -0.4 is 5.32 Å². The summed E-state index contributed by atoms with van der Waals surface area (Å²) in [6.45, 7) is 0. The Bertz CT molecular complexity index is 751. The fraction of sp³-hybridized carbons (Fsp3) is 0.0556. The average molecular weight is 308 g/mol. The summed E-state index contributed by atoms with van der Waals surface area (Å²) in [7, 11) is 1.26. The van der Waals surface area contributed by atoms with E-state index in [1.807, 2.05) is 6.07 Å². The Labute approximate surface area is 133 Å². The van der Waals surface area contributed by atoms with Crippen LogP contribution in [0.4, 0.5) is 5.69 Å². The van der Waals surface area contributed by atoms with E-state index >= 15 is 0 Å². The lowest BCUT2D eigenvalue weighted by atomic mass is 10.0. The van der Waals surface area contributed by atoms with E-state index in [0.717, 1.165) is 0 Å². The molecule has 0 saturated heterocycles. The van der Waals surface area contributed by atoms with Gasteiger partial charge in [-0.2, -0.15) is 0 Å². The van der Waals surface area contributed by atoms with Crippen LogP contribution in [-0.2, 0) is 9.53 Å². The molecule has 5 heteroatoms. The van der Waals surface area contributed by atoms with Gasteiger partial charge in [0, 0.05) is 5.56 Å². The largest absolute Gasteiger partial charge is 0.465 e. The summed E-state index contributed by atoms with van der Waals surface area (Å²) in [4.78, 5) is 34.6. The summed E-state index contributed by atoms with van der Waals surface area (Å²) in [6, 6.07) is 13.3. The van der Waals surface area contributed by atoms with E-state index in [2.05, 4.69) is 10.1 Å². The summed E-state index contributed by atoms with van der Waals surface area (Å²) in [5, 5.41) is 4.01. The van der Waals surface area contributed by atoms with Crippen molar-refractivity contribution in [1.82, 2.24) is 5.32 Å². The lowest BCUT2D eigenvalue weighted by Crippen LogP contribution is -2.14. The Kier molecular flexibility index (Phi) is 5.41. The summed E-state index contributed by atoms with van der Waals surface area (Å²) in [6.07, 6.45) is 3.37. The Morgan fingerprint density at radius 3 is 2.48 bits per heavy atom. The smallest absolute Gasteiger partial charge is 0.337 e. The van der Waals surface area contributed by atoms with Crippen LogP contribution in [0.2, 0.25) is 0 Å². The molecule has 0 aliphatic carbocycles. The van der Waals surface area contributed by atoms with Gasteiger partial charge in [0.15, 0.2) is 0 Å². The molecule has 1 amide bonds. The first-order valence-corrected chi connectivity index (χ1v) is 6.81. The zero-order chi connectivity index (χ0) is 16.7. The topological polar surface area (TPSA) is 74.5 Å². The normalized spacial score (nSPS) is 10.3. The zero-order valence-electron chi connectivity index (χ0n) is 12.4. The molecule has 0 saturated carbocycles. The lowest BCUT2D eigenvalue weighted by molar-refractivity contribution is -0.104. The van der Waals surface area contributed by atoms with E-state index in [-0.39, 0.29) is 11.1 Å². The molecule has 0 fully saturated rings. The minimum absolute atomic E-state index is 0.217. The van der Waals surface area contributed by atoms with Gasteiger partial charge in [-0.3, -0.25) is 9.59 Å². The van der Waals surface area contributed by atoms with E-state index in [4.69, 9.17) is 0 Å². The fourth-order valence-corrected chi connectivity index (χ4v) is 1.95. The first-order valence-electron chi connectivity index (χ1n) is 6.81. The number of esters is 1. The van der Waals surface area contributed by atoms with Gasteiger partial charge in [-0.15, -0.1) is 0 Å². The summed E-state index contributed by atoms with van der Waals surface area (Å²) >= 11 is 0. The number of methoxy groups -OCH3 is 1. The number of carbonyl (C=O) groups is 3. The molecule has 0 N–H and O–H groups in total. The third-order valence-corrected chi connectivity index (χ3v) is 3.05. The Morgan fingerprint density at radius 1 is 1.09 bits per heavy atom. The van der Waals surface area contributed by atoms with Crippen molar-refractivity contribution in [3.63, 3.8) is 0 Å². The van der Waals surface area contributed by atoms with Crippen molar-refractivity contribution in [2.75, 3.05) is 7.11 Å². The Balaban J connectivity index is 2.39. The average Bonchev–Trinajstić information content (AvgIpc) is 2.60. The van der Waals surface area contributed by atoms with Crippen molar-refractivity contribution in [1.29, 1.82) is 0 Å². The molecule has 0 aliphatic rings. The molecule has 0 spiro atoms. The molecule has 2 aromatic carbocycles. The first-order chi connectivity index (χ1) is 11.2. The van der Waals surface area contributed by atoms with Gasteiger partial charge in [-0.25, -0.2) is 10.1 Å². The van der Waals surface area contributed by atoms with Crippen molar-refractivity contribution in [3.8, 4) is 0 Å². The van der Waals surface area contributed by atoms with E-state index in [9.17, 15) is 14.4 Å².